The van der Waals surface area contributed by atoms with E-state index in [2.05, 4.69) is 20.9 Å². The number of amides is 3. The third-order valence-electron chi connectivity index (χ3n) is 5.65. The average molecular weight is 496 g/mol. The number of hydrogen-bond donors (Lipinski definition) is 7. The van der Waals surface area contributed by atoms with Gasteiger partial charge in [0.25, 0.3) is 0 Å². The number of nitrogens with one attached hydrogen (secondary N) is 4. The van der Waals surface area contributed by atoms with E-state index in [-0.39, 0.29) is 19.4 Å². The van der Waals surface area contributed by atoms with Crippen LogP contribution in [-0.2, 0) is 32.0 Å². The van der Waals surface area contributed by atoms with Gasteiger partial charge >= 0.3 is 5.97 Å². The van der Waals surface area contributed by atoms with Crippen LogP contribution in [0.15, 0.2) is 60.8 Å². The molecule has 0 bridgehead atoms. The minimum absolute atomic E-state index is 0.0168. The Morgan fingerprint density at radius 2 is 1.47 bits per heavy atom. The van der Waals surface area contributed by atoms with Crippen molar-refractivity contribution in [3.8, 4) is 0 Å². The average Bonchev–Trinajstić information content (AvgIpc) is 3.29. The van der Waals surface area contributed by atoms with Crippen molar-refractivity contribution in [2.24, 2.45) is 5.73 Å². The van der Waals surface area contributed by atoms with Crippen molar-refractivity contribution in [2.75, 3.05) is 13.2 Å². The lowest BCUT2D eigenvalue weighted by molar-refractivity contribution is -0.142. The molecule has 1 aromatic heterocycles. The summed E-state index contributed by atoms with van der Waals surface area (Å²) in [6.07, 6.45) is 1.77. The Morgan fingerprint density at radius 3 is 2.14 bits per heavy atom. The number of aliphatic carboxylic acids is 1. The highest BCUT2D eigenvalue weighted by Gasteiger charge is 2.30. The fourth-order valence-corrected chi connectivity index (χ4v) is 3.77. The molecule has 0 aliphatic rings. The van der Waals surface area contributed by atoms with Crippen molar-refractivity contribution in [1.82, 2.24) is 20.9 Å². The summed E-state index contributed by atoms with van der Waals surface area (Å²) in [5.74, 6) is -3.42. The Bertz CT molecular complexity index is 1210. The fraction of sp³-hybridized carbons (Fsp3) is 0.280. The molecule has 190 valence electrons. The monoisotopic (exact) mass is 495 g/mol. The Morgan fingerprint density at radius 1 is 0.833 bits per heavy atom. The number of H-pyrrole nitrogens is 1. The maximum atomic E-state index is 13.2. The molecule has 11 heteroatoms. The maximum absolute atomic E-state index is 13.2. The third-order valence-corrected chi connectivity index (χ3v) is 5.65. The molecule has 3 atom stereocenters. The van der Waals surface area contributed by atoms with Gasteiger partial charge in [-0.25, -0.2) is 4.79 Å². The Labute approximate surface area is 207 Å². The molecule has 0 aliphatic carbocycles. The molecule has 0 fully saturated rings. The van der Waals surface area contributed by atoms with Crippen LogP contribution < -0.4 is 21.7 Å². The van der Waals surface area contributed by atoms with Crippen LogP contribution in [0, 0.1) is 0 Å². The Kier molecular flexibility index (Phi) is 9.14. The third kappa shape index (κ3) is 6.90. The summed E-state index contributed by atoms with van der Waals surface area (Å²) in [6.45, 7) is -1.10. The van der Waals surface area contributed by atoms with Crippen LogP contribution in [0.25, 0.3) is 10.9 Å². The molecule has 3 amide bonds. The van der Waals surface area contributed by atoms with Gasteiger partial charge in [0.2, 0.25) is 17.7 Å². The lowest BCUT2D eigenvalue weighted by Gasteiger charge is -2.24. The standard InChI is InChI=1S/C25H29N5O6/c26-12-22(32)28-21(14-31)24(34)29-19(10-15-6-2-1-3-7-15)23(33)30-20(25(35)36)11-16-13-27-18-9-5-4-8-17(16)18/h1-9,13,19-21,27,31H,10-12,14,26H2,(H,28,32)(H,29,34)(H,30,33)(H,35,36). The van der Waals surface area contributed by atoms with Crippen LogP contribution in [0.2, 0.25) is 0 Å². The number of aliphatic hydroxyl groups excluding tert-OH is 1. The summed E-state index contributed by atoms with van der Waals surface area (Å²) in [5, 5.41) is 27.5. The highest BCUT2D eigenvalue weighted by atomic mass is 16.4. The van der Waals surface area contributed by atoms with Crippen molar-refractivity contribution in [2.45, 2.75) is 31.0 Å². The number of benzene rings is 2. The van der Waals surface area contributed by atoms with Gasteiger partial charge in [-0.3, -0.25) is 14.4 Å². The van der Waals surface area contributed by atoms with E-state index >= 15 is 0 Å². The van der Waals surface area contributed by atoms with Crippen LogP contribution in [0.1, 0.15) is 11.1 Å². The van der Waals surface area contributed by atoms with Gasteiger partial charge < -0.3 is 36.9 Å². The van der Waals surface area contributed by atoms with Crippen LogP contribution in [0.3, 0.4) is 0 Å². The first kappa shape index (κ1) is 26.4. The van der Waals surface area contributed by atoms with E-state index in [0.29, 0.717) is 11.1 Å². The first-order valence-electron chi connectivity index (χ1n) is 11.3. The molecule has 0 aliphatic heterocycles. The van der Waals surface area contributed by atoms with Gasteiger partial charge in [0.1, 0.15) is 18.1 Å². The van der Waals surface area contributed by atoms with Gasteiger partial charge in [0, 0.05) is 29.9 Å². The predicted molar refractivity (Wildman–Crippen MR) is 132 cm³/mol. The highest BCUT2D eigenvalue weighted by molar-refractivity contribution is 5.94. The molecular weight excluding hydrogens is 466 g/mol. The van der Waals surface area contributed by atoms with E-state index < -0.39 is 48.4 Å². The molecule has 8 N–H and O–H groups in total. The number of aliphatic hydroxyl groups is 1. The fourth-order valence-electron chi connectivity index (χ4n) is 3.77. The van der Waals surface area contributed by atoms with Gasteiger partial charge in [-0.05, 0) is 17.2 Å². The zero-order chi connectivity index (χ0) is 26.1. The normalized spacial score (nSPS) is 13.4. The summed E-state index contributed by atoms with van der Waals surface area (Å²) < 4.78 is 0. The summed E-state index contributed by atoms with van der Waals surface area (Å²) in [6, 6.07) is 12.5. The number of aromatic nitrogens is 1. The van der Waals surface area contributed by atoms with Crippen LogP contribution >= 0.6 is 0 Å². The summed E-state index contributed by atoms with van der Waals surface area (Å²) in [5.41, 5.74) is 7.52. The molecule has 0 saturated carbocycles. The second-order valence-corrected chi connectivity index (χ2v) is 8.22. The first-order chi connectivity index (χ1) is 17.3. The molecule has 3 unspecified atom stereocenters. The largest absolute Gasteiger partial charge is 0.480 e. The number of carbonyl (C=O) groups is 4. The summed E-state index contributed by atoms with van der Waals surface area (Å²) >= 11 is 0. The highest BCUT2D eigenvalue weighted by Crippen LogP contribution is 2.19. The number of hydrogen-bond acceptors (Lipinski definition) is 6. The molecule has 11 nitrogen and oxygen atoms in total. The Balaban J connectivity index is 1.78. The molecule has 2 aromatic carbocycles. The van der Waals surface area contributed by atoms with E-state index in [9.17, 15) is 29.4 Å². The van der Waals surface area contributed by atoms with Crippen molar-refractivity contribution in [1.29, 1.82) is 0 Å². The van der Waals surface area contributed by atoms with E-state index in [1.54, 1.807) is 36.5 Å². The zero-order valence-electron chi connectivity index (χ0n) is 19.4. The van der Waals surface area contributed by atoms with Gasteiger partial charge in [0.15, 0.2) is 0 Å². The lowest BCUT2D eigenvalue weighted by Crippen LogP contribution is -2.57. The molecule has 0 radical (unpaired) electrons. The first-order valence-corrected chi connectivity index (χ1v) is 11.3. The number of carboxylic acid groups (broad SMARTS) is 1. The molecule has 1 heterocycles. The number of carboxylic acids is 1. The molecule has 0 saturated heterocycles. The molecule has 0 spiro atoms. The smallest absolute Gasteiger partial charge is 0.326 e. The molecule has 36 heavy (non-hydrogen) atoms. The number of rotatable bonds is 12. The van der Waals surface area contributed by atoms with Crippen LogP contribution in [0.4, 0.5) is 0 Å². The van der Waals surface area contributed by atoms with Gasteiger partial charge in [-0.1, -0.05) is 48.5 Å². The summed E-state index contributed by atoms with van der Waals surface area (Å²) in [7, 11) is 0. The van der Waals surface area contributed by atoms with Gasteiger partial charge in [-0.2, -0.15) is 0 Å². The van der Waals surface area contributed by atoms with E-state index in [4.69, 9.17) is 5.73 Å². The topological polar surface area (TPSA) is 187 Å². The number of aromatic amines is 1. The van der Waals surface area contributed by atoms with Crippen molar-refractivity contribution in [3.05, 3.63) is 71.9 Å². The second-order valence-electron chi connectivity index (χ2n) is 8.22. The SMILES string of the molecule is NCC(=O)NC(CO)C(=O)NC(Cc1ccccc1)C(=O)NC(Cc1c[nH]c2ccccc12)C(=O)O. The number of nitrogens with two attached hydrogens (primary N) is 1. The number of carbonyl (C=O) groups excluding carboxylic acids is 3. The minimum atomic E-state index is -1.33. The minimum Gasteiger partial charge on any atom is -0.480 e. The van der Waals surface area contributed by atoms with Gasteiger partial charge in [-0.15, -0.1) is 0 Å². The van der Waals surface area contributed by atoms with Crippen molar-refractivity contribution in [3.63, 3.8) is 0 Å². The van der Waals surface area contributed by atoms with Crippen molar-refractivity contribution < 1.29 is 29.4 Å². The lowest BCUT2D eigenvalue weighted by atomic mass is 10.0. The van der Waals surface area contributed by atoms with E-state index in [0.717, 1.165) is 10.9 Å². The number of para-hydroxylation sites is 1. The molecule has 3 aromatic rings. The zero-order valence-corrected chi connectivity index (χ0v) is 19.4. The maximum Gasteiger partial charge on any atom is 0.326 e. The summed E-state index contributed by atoms with van der Waals surface area (Å²) in [4.78, 5) is 52.6. The Hall–Kier alpha value is -4.22. The van der Waals surface area contributed by atoms with E-state index in [1.165, 1.54) is 0 Å². The second kappa shape index (κ2) is 12.5. The van der Waals surface area contributed by atoms with Crippen molar-refractivity contribution >= 4 is 34.6 Å². The van der Waals surface area contributed by atoms with E-state index in [1.807, 2.05) is 24.3 Å². The predicted octanol–water partition coefficient (Wildman–Crippen LogP) is -0.557. The van der Waals surface area contributed by atoms with Gasteiger partial charge in [0.05, 0.1) is 13.2 Å². The van der Waals surface area contributed by atoms with Crippen LogP contribution in [-0.4, -0.2) is 70.2 Å². The van der Waals surface area contributed by atoms with Crippen LogP contribution in [0.5, 0.6) is 0 Å². The number of fused-ring (bicyclic) bond motifs is 1. The molecule has 3 rings (SSSR count). The quantitative estimate of drug-likeness (QED) is 0.175. The molecular formula is C25H29N5O6.